The van der Waals surface area contributed by atoms with Gasteiger partial charge in [-0.1, -0.05) is 19.8 Å². The van der Waals surface area contributed by atoms with E-state index in [1.165, 1.54) is 12.8 Å². The van der Waals surface area contributed by atoms with E-state index >= 15 is 0 Å². The zero-order valence-electron chi connectivity index (χ0n) is 15.4. The van der Waals surface area contributed by atoms with Gasteiger partial charge in [-0.25, -0.2) is 0 Å². The molecule has 0 unspecified atom stereocenters. The summed E-state index contributed by atoms with van der Waals surface area (Å²) in [5.41, 5.74) is 0. The van der Waals surface area contributed by atoms with E-state index in [0.717, 1.165) is 26.2 Å². The predicted octanol–water partition coefficient (Wildman–Crippen LogP) is 1.82. The largest absolute Gasteiger partial charge is 0.379 e. The van der Waals surface area contributed by atoms with Crippen LogP contribution in [0.25, 0.3) is 0 Å². The summed E-state index contributed by atoms with van der Waals surface area (Å²) in [6.45, 7) is 9.64. The van der Waals surface area contributed by atoms with Gasteiger partial charge in [0.1, 0.15) is 0 Å². The quantitative estimate of drug-likeness (QED) is 0.336. The molecule has 0 radical (unpaired) electrons. The number of unbranched alkanes of at least 4 members (excludes halogenated alkanes) is 2. The van der Waals surface area contributed by atoms with Crippen LogP contribution in [0.3, 0.4) is 0 Å². The van der Waals surface area contributed by atoms with Crippen LogP contribution in [-0.4, -0.2) is 91.6 Å². The van der Waals surface area contributed by atoms with E-state index < -0.39 is 0 Å². The van der Waals surface area contributed by atoms with Gasteiger partial charge >= 0.3 is 0 Å². The SMILES string of the molecule is CCCCCOCCOCCOCCOCCOCCN(C)C. The molecule has 0 saturated heterocycles. The molecule has 0 aromatic heterocycles. The molecular weight excluding hydrogens is 298 g/mol. The second-order valence-corrected chi connectivity index (χ2v) is 5.57. The molecule has 23 heavy (non-hydrogen) atoms. The third-order valence-corrected chi connectivity index (χ3v) is 3.06. The average molecular weight is 335 g/mol. The Balaban J connectivity index is 2.95. The first kappa shape index (κ1) is 22.8. The van der Waals surface area contributed by atoms with Crippen LogP contribution in [0, 0.1) is 0 Å². The Labute approximate surface area is 142 Å². The molecule has 0 saturated carbocycles. The number of hydrogen-bond acceptors (Lipinski definition) is 6. The second-order valence-electron chi connectivity index (χ2n) is 5.57. The summed E-state index contributed by atoms with van der Waals surface area (Å²) in [5.74, 6) is 0. The molecular formula is C17H37NO5. The molecule has 140 valence electrons. The Kier molecular flexibility index (Phi) is 19.6. The molecule has 0 heterocycles. The number of likely N-dealkylation sites (N-methyl/N-ethyl adjacent to an activating group) is 1. The lowest BCUT2D eigenvalue weighted by Gasteiger charge is -2.10. The van der Waals surface area contributed by atoms with Crippen molar-refractivity contribution in [3.05, 3.63) is 0 Å². The van der Waals surface area contributed by atoms with Crippen molar-refractivity contribution < 1.29 is 23.7 Å². The molecule has 6 nitrogen and oxygen atoms in total. The van der Waals surface area contributed by atoms with E-state index in [9.17, 15) is 0 Å². The Morgan fingerprint density at radius 1 is 0.522 bits per heavy atom. The number of nitrogens with zero attached hydrogens (tertiary/aromatic N) is 1. The minimum Gasteiger partial charge on any atom is -0.379 e. The minimum absolute atomic E-state index is 0.592. The van der Waals surface area contributed by atoms with Gasteiger partial charge in [0, 0.05) is 13.2 Å². The number of rotatable bonds is 19. The van der Waals surface area contributed by atoms with Gasteiger partial charge in [0.15, 0.2) is 0 Å². The van der Waals surface area contributed by atoms with Crippen molar-refractivity contribution in [3.8, 4) is 0 Å². The van der Waals surface area contributed by atoms with E-state index in [1.807, 2.05) is 14.1 Å². The highest BCUT2D eigenvalue weighted by Crippen LogP contribution is 1.93. The fraction of sp³-hybridized carbons (Fsp3) is 1.00. The van der Waals surface area contributed by atoms with Crippen LogP contribution in [0.2, 0.25) is 0 Å². The third kappa shape index (κ3) is 21.8. The standard InChI is InChI=1S/C17H37NO5/c1-4-5-6-8-19-10-12-21-14-16-23-17-15-22-13-11-20-9-7-18(2)3/h4-17H2,1-3H3. The average Bonchev–Trinajstić information content (AvgIpc) is 2.53. The summed E-state index contributed by atoms with van der Waals surface area (Å²) < 4.78 is 27.1. The first-order valence-corrected chi connectivity index (χ1v) is 8.80. The summed E-state index contributed by atoms with van der Waals surface area (Å²) in [4.78, 5) is 2.09. The van der Waals surface area contributed by atoms with E-state index in [1.54, 1.807) is 0 Å². The molecule has 0 fully saturated rings. The fourth-order valence-electron chi connectivity index (χ4n) is 1.68. The van der Waals surface area contributed by atoms with Gasteiger partial charge in [-0.3, -0.25) is 0 Å². The van der Waals surface area contributed by atoms with Crippen molar-refractivity contribution in [2.45, 2.75) is 26.2 Å². The van der Waals surface area contributed by atoms with Gasteiger partial charge in [0.05, 0.1) is 59.5 Å². The molecule has 0 N–H and O–H groups in total. The van der Waals surface area contributed by atoms with Crippen LogP contribution in [-0.2, 0) is 23.7 Å². The van der Waals surface area contributed by atoms with Crippen molar-refractivity contribution in [2.75, 3.05) is 86.7 Å². The Morgan fingerprint density at radius 2 is 0.913 bits per heavy atom. The molecule has 6 heteroatoms. The molecule has 0 atom stereocenters. The molecule has 0 bridgehead atoms. The normalized spacial score (nSPS) is 11.5. The highest BCUT2D eigenvalue weighted by molar-refractivity contribution is 4.40. The highest BCUT2D eigenvalue weighted by atomic mass is 16.6. The van der Waals surface area contributed by atoms with Crippen molar-refractivity contribution in [3.63, 3.8) is 0 Å². The molecule has 0 aromatic rings. The molecule has 0 aliphatic rings. The smallest absolute Gasteiger partial charge is 0.0701 e. The van der Waals surface area contributed by atoms with E-state index in [2.05, 4.69) is 11.8 Å². The summed E-state index contributed by atoms with van der Waals surface area (Å²) in [5, 5.41) is 0. The summed E-state index contributed by atoms with van der Waals surface area (Å²) in [6, 6.07) is 0. The second kappa shape index (κ2) is 19.8. The van der Waals surface area contributed by atoms with Crippen LogP contribution in [0.5, 0.6) is 0 Å². The zero-order valence-corrected chi connectivity index (χ0v) is 15.4. The van der Waals surface area contributed by atoms with Gasteiger partial charge in [-0.2, -0.15) is 0 Å². The maximum atomic E-state index is 5.45. The van der Waals surface area contributed by atoms with Crippen LogP contribution in [0.4, 0.5) is 0 Å². The van der Waals surface area contributed by atoms with Crippen molar-refractivity contribution in [1.82, 2.24) is 4.90 Å². The van der Waals surface area contributed by atoms with E-state index in [0.29, 0.717) is 52.9 Å². The Morgan fingerprint density at radius 3 is 1.30 bits per heavy atom. The number of ether oxygens (including phenoxy) is 5. The van der Waals surface area contributed by atoms with Gasteiger partial charge in [0.25, 0.3) is 0 Å². The lowest BCUT2D eigenvalue weighted by molar-refractivity contribution is -0.0118. The topological polar surface area (TPSA) is 49.4 Å². The third-order valence-electron chi connectivity index (χ3n) is 3.06. The molecule has 0 aliphatic carbocycles. The van der Waals surface area contributed by atoms with Crippen LogP contribution in [0.1, 0.15) is 26.2 Å². The van der Waals surface area contributed by atoms with E-state index in [4.69, 9.17) is 23.7 Å². The summed E-state index contributed by atoms with van der Waals surface area (Å²) >= 11 is 0. The Bertz CT molecular complexity index is 217. The van der Waals surface area contributed by atoms with Gasteiger partial charge in [0.2, 0.25) is 0 Å². The lowest BCUT2D eigenvalue weighted by Crippen LogP contribution is -2.19. The predicted molar refractivity (Wildman–Crippen MR) is 92.2 cm³/mol. The molecule has 0 aliphatic heterocycles. The number of hydrogen-bond donors (Lipinski definition) is 0. The summed E-state index contributed by atoms with van der Waals surface area (Å²) in [7, 11) is 4.06. The molecule has 0 spiro atoms. The monoisotopic (exact) mass is 335 g/mol. The van der Waals surface area contributed by atoms with Gasteiger partial charge in [-0.15, -0.1) is 0 Å². The maximum absolute atomic E-state index is 5.45. The van der Waals surface area contributed by atoms with Crippen LogP contribution >= 0.6 is 0 Å². The molecule has 0 aromatic carbocycles. The van der Waals surface area contributed by atoms with Crippen LogP contribution < -0.4 is 0 Å². The maximum Gasteiger partial charge on any atom is 0.0701 e. The van der Waals surface area contributed by atoms with Crippen molar-refractivity contribution in [1.29, 1.82) is 0 Å². The minimum atomic E-state index is 0.592. The Hall–Kier alpha value is -0.240. The van der Waals surface area contributed by atoms with Crippen molar-refractivity contribution >= 4 is 0 Å². The van der Waals surface area contributed by atoms with Gasteiger partial charge in [-0.05, 0) is 20.5 Å². The van der Waals surface area contributed by atoms with E-state index in [-0.39, 0.29) is 0 Å². The zero-order chi connectivity index (χ0) is 17.0. The lowest BCUT2D eigenvalue weighted by atomic mass is 10.3. The molecule has 0 rings (SSSR count). The first-order valence-electron chi connectivity index (χ1n) is 8.80. The fourth-order valence-corrected chi connectivity index (χ4v) is 1.68. The van der Waals surface area contributed by atoms with Crippen LogP contribution in [0.15, 0.2) is 0 Å². The van der Waals surface area contributed by atoms with Gasteiger partial charge < -0.3 is 28.6 Å². The highest BCUT2D eigenvalue weighted by Gasteiger charge is 1.94. The first-order chi connectivity index (χ1) is 11.3. The molecule has 0 amide bonds. The summed E-state index contributed by atoms with van der Waals surface area (Å²) in [6.07, 6.45) is 3.60. The van der Waals surface area contributed by atoms with Crippen molar-refractivity contribution in [2.24, 2.45) is 0 Å².